The maximum atomic E-state index is 11.6. The molecule has 0 atom stereocenters. The van der Waals surface area contributed by atoms with Crippen LogP contribution in [-0.2, 0) is 9.84 Å². The second kappa shape index (κ2) is 6.15. The molecule has 0 fully saturated rings. The number of furan rings is 1. The van der Waals surface area contributed by atoms with Gasteiger partial charge in [0.15, 0.2) is 14.5 Å². The standard InChI is InChI=1S/C17H12BrClO3S/c1-23(20,21)14-8-4-11(5-9-14)15-10-22-17(18)16(15)12-2-6-13(19)7-3-12/h2-10H,1H3. The van der Waals surface area contributed by atoms with Crippen LogP contribution in [0.5, 0.6) is 0 Å². The predicted octanol–water partition coefficient (Wildman–Crippen LogP) is 5.43. The molecular formula is C17H12BrClO3S. The Labute approximate surface area is 148 Å². The smallest absolute Gasteiger partial charge is 0.177 e. The van der Waals surface area contributed by atoms with Gasteiger partial charge in [0, 0.05) is 22.4 Å². The van der Waals surface area contributed by atoms with E-state index < -0.39 is 9.84 Å². The van der Waals surface area contributed by atoms with E-state index in [1.807, 2.05) is 24.3 Å². The quantitative estimate of drug-likeness (QED) is 0.577. The Morgan fingerprint density at radius 2 is 1.52 bits per heavy atom. The zero-order valence-corrected chi connectivity index (χ0v) is 15.2. The molecule has 0 N–H and O–H groups in total. The zero-order valence-electron chi connectivity index (χ0n) is 12.1. The molecule has 0 bridgehead atoms. The molecule has 23 heavy (non-hydrogen) atoms. The van der Waals surface area contributed by atoms with Crippen molar-refractivity contribution in [3.63, 3.8) is 0 Å². The number of hydrogen-bond acceptors (Lipinski definition) is 3. The van der Waals surface area contributed by atoms with E-state index in [0.29, 0.717) is 9.69 Å². The summed E-state index contributed by atoms with van der Waals surface area (Å²) in [6.07, 6.45) is 2.83. The van der Waals surface area contributed by atoms with E-state index in [2.05, 4.69) is 15.9 Å². The molecule has 0 radical (unpaired) electrons. The van der Waals surface area contributed by atoms with Crippen LogP contribution >= 0.6 is 27.5 Å². The Hall–Kier alpha value is -1.56. The van der Waals surface area contributed by atoms with Gasteiger partial charge in [0.05, 0.1) is 4.90 Å². The lowest BCUT2D eigenvalue weighted by Gasteiger charge is -2.06. The summed E-state index contributed by atoms with van der Waals surface area (Å²) < 4.78 is 29.2. The van der Waals surface area contributed by atoms with Crippen molar-refractivity contribution in [1.82, 2.24) is 0 Å². The summed E-state index contributed by atoms with van der Waals surface area (Å²) in [5, 5.41) is 0.660. The summed E-state index contributed by atoms with van der Waals surface area (Å²) in [6, 6.07) is 14.2. The highest BCUT2D eigenvalue weighted by Gasteiger charge is 2.16. The van der Waals surface area contributed by atoms with E-state index in [9.17, 15) is 8.42 Å². The highest BCUT2D eigenvalue weighted by molar-refractivity contribution is 9.10. The van der Waals surface area contributed by atoms with Crippen LogP contribution in [0.3, 0.4) is 0 Å². The minimum Gasteiger partial charge on any atom is -0.456 e. The number of rotatable bonds is 3. The van der Waals surface area contributed by atoms with E-state index in [-0.39, 0.29) is 4.90 Å². The van der Waals surface area contributed by atoms with Gasteiger partial charge in [0.1, 0.15) is 6.26 Å². The SMILES string of the molecule is CS(=O)(=O)c1ccc(-c2coc(Br)c2-c2ccc(Cl)cc2)cc1. The van der Waals surface area contributed by atoms with E-state index in [0.717, 1.165) is 22.3 Å². The molecule has 0 saturated carbocycles. The first-order valence-corrected chi connectivity index (χ1v) is 9.76. The first-order chi connectivity index (χ1) is 10.9. The van der Waals surface area contributed by atoms with Crippen LogP contribution in [0, 0.1) is 0 Å². The maximum Gasteiger partial charge on any atom is 0.177 e. The van der Waals surface area contributed by atoms with Crippen LogP contribution in [0.2, 0.25) is 5.02 Å². The van der Waals surface area contributed by atoms with Gasteiger partial charge < -0.3 is 4.42 Å². The summed E-state index contributed by atoms with van der Waals surface area (Å²) in [5.74, 6) is 0. The third kappa shape index (κ3) is 3.37. The van der Waals surface area contributed by atoms with Crippen molar-refractivity contribution >= 4 is 37.4 Å². The van der Waals surface area contributed by atoms with E-state index in [1.165, 1.54) is 6.26 Å². The Kier molecular flexibility index (Phi) is 4.36. The number of sulfone groups is 1. The highest BCUT2D eigenvalue weighted by atomic mass is 79.9. The Morgan fingerprint density at radius 3 is 2.09 bits per heavy atom. The molecule has 3 rings (SSSR count). The fourth-order valence-electron chi connectivity index (χ4n) is 2.31. The minimum atomic E-state index is -3.21. The molecule has 6 heteroatoms. The summed E-state index contributed by atoms with van der Waals surface area (Å²) in [4.78, 5) is 0.289. The molecule has 1 heterocycles. The Bertz CT molecular complexity index is 943. The summed E-state index contributed by atoms with van der Waals surface area (Å²) in [5.41, 5.74) is 3.60. The molecular weight excluding hydrogens is 400 g/mol. The molecule has 0 aliphatic rings. The van der Waals surface area contributed by atoms with Crippen LogP contribution in [-0.4, -0.2) is 14.7 Å². The number of halogens is 2. The number of hydrogen-bond donors (Lipinski definition) is 0. The third-order valence-electron chi connectivity index (χ3n) is 3.47. The van der Waals surface area contributed by atoms with Crippen molar-refractivity contribution in [2.75, 3.05) is 6.26 Å². The molecule has 0 aliphatic heterocycles. The van der Waals surface area contributed by atoms with E-state index in [4.69, 9.17) is 16.0 Å². The van der Waals surface area contributed by atoms with E-state index >= 15 is 0 Å². The lowest BCUT2D eigenvalue weighted by atomic mass is 9.99. The highest BCUT2D eigenvalue weighted by Crippen LogP contribution is 2.39. The molecule has 3 aromatic rings. The first-order valence-electron chi connectivity index (χ1n) is 6.69. The second-order valence-corrected chi connectivity index (χ2v) is 8.27. The predicted molar refractivity (Wildman–Crippen MR) is 95.4 cm³/mol. The fraction of sp³-hybridized carbons (Fsp3) is 0.0588. The van der Waals surface area contributed by atoms with Crippen LogP contribution < -0.4 is 0 Å². The largest absolute Gasteiger partial charge is 0.456 e. The summed E-state index contributed by atoms with van der Waals surface area (Å²) in [6.45, 7) is 0. The Balaban J connectivity index is 2.10. The monoisotopic (exact) mass is 410 g/mol. The normalized spacial score (nSPS) is 11.6. The molecule has 0 unspecified atom stereocenters. The first kappa shape index (κ1) is 16.3. The Morgan fingerprint density at radius 1 is 0.957 bits per heavy atom. The van der Waals surface area contributed by atoms with Gasteiger partial charge in [-0.1, -0.05) is 35.9 Å². The molecule has 0 amide bonds. The average molecular weight is 412 g/mol. The van der Waals surface area contributed by atoms with Crippen molar-refractivity contribution in [3.05, 3.63) is 64.5 Å². The fourth-order valence-corrected chi connectivity index (χ4v) is 3.61. The zero-order chi connectivity index (χ0) is 16.6. The van der Waals surface area contributed by atoms with Gasteiger partial charge in [-0.05, 0) is 51.3 Å². The average Bonchev–Trinajstić information content (AvgIpc) is 2.89. The van der Waals surface area contributed by atoms with E-state index in [1.54, 1.807) is 30.5 Å². The molecule has 2 aromatic carbocycles. The van der Waals surface area contributed by atoms with Gasteiger partial charge in [-0.25, -0.2) is 8.42 Å². The molecule has 1 aromatic heterocycles. The molecule has 3 nitrogen and oxygen atoms in total. The van der Waals surface area contributed by atoms with Gasteiger partial charge in [-0.3, -0.25) is 0 Å². The lowest BCUT2D eigenvalue weighted by molar-refractivity contribution is 0.543. The van der Waals surface area contributed by atoms with Gasteiger partial charge >= 0.3 is 0 Å². The van der Waals surface area contributed by atoms with Crippen LogP contribution in [0.1, 0.15) is 0 Å². The van der Waals surface area contributed by atoms with Gasteiger partial charge in [0.2, 0.25) is 0 Å². The summed E-state index contributed by atoms with van der Waals surface area (Å²) in [7, 11) is -3.21. The van der Waals surface area contributed by atoms with Crippen molar-refractivity contribution in [3.8, 4) is 22.3 Å². The summed E-state index contributed by atoms with van der Waals surface area (Å²) >= 11 is 9.36. The van der Waals surface area contributed by atoms with Crippen molar-refractivity contribution in [2.45, 2.75) is 4.90 Å². The lowest BCUT2D eigenvalue weighted by Crippen LogP contribution is -1.96. The third-order valence-corrected chi connectivity index (χ3v) is 5.44. The van der Waals surface area contributed by atoms with Gasteiger partial charge in [0.25, 0.3) is 0 Å². The number of benzene rings is 2. The van der Waals surface area contributed by atoms with Crippen molar-refractivity contribution in [2.24, 2.45) is 0 Å². The molecule has 0 spiro atoms. The molecule has 0 aliphatic carbocycles. The minimum absolute atomic E-state index is 0.289. The van der Waals surface area contributed by atoms with Gasteiger partial charge in [-0.2, -0.15) is 0 Å². The van der Waals surface area contributed by atoms with Crippen LogP contribution in [0.4, 0.5) is 0 Å². The van der Waals surface area contributed by atoms with Crippen LogP contribution in [0.25, 0.3) is 22.3 Å². The van der Waals surface area contributed by atoms with Gasteiger partial charge in [-0.15, -0.1) is 0 Å². The van der Waals surface area contributed by atoms with Crippen molar-refractivity contribution in [1.29, 1.82) is 0 Å². The molecule has 0 saturated heterocycles. The topological polar surface area (TPSA) is 47.3 Å². The maximum absolute atomic E-state index is 11.6. The van der Waals surface area contributed by atoms with Crippen molar-refractivity contribution < 1.29 is 12.8 Å². The van der Waals surface area contributed by atoms with Crippen LogP contribution in [0.15, 0.2) is 68.8 Å². The molecule has 118 valence electrons. The second-order valence-electron chi connectivity index (χ2n) is 5.10.